The van der Waals surface area contributed by atoms with Gasteiger partial charge in [-0.25, -0.2) is 4.79 Å². The van der Waals surface area contributed by atoms with Crippen molar-refractivity contribution in [2.75, 3.05) is 33.3 Å². The molecule has 2 aromatic carbocycles. The average molecular weight is 687 g/mol. The molecule has 0 saturated carbocycles. The molecule has 14 heteroatoms. The Bertz CT molecular complexity index is 1230. The van der Waals surface area contributed by atoms with Crippen LogP contribution in [-0.4, -0.2) is 66.2 Å². The topological polar surface area (TPSA) is 80.3 Å². The zero-order valence-corrected chi connectivity index (χ0v) is 27.8. The van der Waals surface area contributed by atoms with Gasteiger partial charge in [-0.3, -0.25) is 0 Å². The number of carbonyl (C=O) groups is 1. The average Bonchev–Trinajstić information content (AvgIpc) is 2.93. The van der Waals surface area contributed by atoms with Gasteiger partial charge in [0, 0.05) is 20.2 Å². The van der Waals surface area contributed by atoms with Gasteiger partial charge in [-0.1, -0.05) is 12.1 Å². The van der Waals surface area contributed by atoms with Crippen molar-refractivity contribution in [3.63, 3.8) is 0 Å². The predicted octanol–water partition coefficient (Wildman–Crippen LogP) is 8.13. The maximum atomic E-state index is 12.8. The van der Waals surface area contributed by atoms with Gasteiger partial charge in [0.2, 0.25) is 0 Å². The first-order chi connectivity index (χ1) is 20.8. The van der Waals surface area contributed by atoms with Crippen molar-refractivity contribution in [3.05, 3.63) is 59.7 Å². The summed E-state index contributed by atoms with van der Waals surface area (Å²) in [6.45, 7) is 11.5. The number of hydrogen-bond acceptors (Lipinski definition) is 6. The van der Waals surface area contributed by atoms with Gasteiger partial charge in [-0.2, -0.15) is 26.3 Å². The Morgan fingerprint density at radius 3 is 1.74 bits per heavy atom. The highest BCUT2D eigenvalue weighted by Gasteiger charge is 2.38. The summed E-state index contributed by atoms with van der Waals surface area (Å²) in [5.74, 6) is 0.416. The lowest BCUT2D eigenvalue weighted by atomic mass is 9.95. The monoisotopic (exact) mass is 686 g/mol. The van der Waals surface area contributed by atoms with Crippen molar-refractivity contribution < 1.29 is 50.5 Å². The molecular weight excluding hydrogens is 642 g/mol. The third kappa shape index (κ3) is 13.4. The molecule has 1 amide bonds. The molecule has 4 rings (SSSR count). The molecule has 0 radical (unpaired) electrons. The number of amides is 1. The van der Waals surface area contributed by atoms with Crippen LogP contribution in [0.15, 0.2) is 48.5 Å². The molecule has 262 valence electrons. The number of rotatable bonds is 4. The Kier molecular flexibility index (Phi) is 15.0. The molecule has 2 saturated heterocycles. The molecule has 2 aromatic rings. The lowest BCUT2D eigenvalue weighted by molar-refractivity contribution is -0.138. The molecule has 0 bridgehead atoms. The normalized spacial score (nSPS) is 21.7. The molecule has 2 unspecified atom stereocenters. The Morgan fingerprint density at radius 1 is 0.826 bits per heavy atom. The highest BCUT2D eigenvalue weighted by atomic mass is 35.5. The second-order valence-electron chi connectivity index (χ2n) is 12.4. The summed E-state index contributed by atoms with van der Waals surface area (Å²) in [5.41, 5.74) is -3.23. The van der Waals surface area contributed by atoms with E-state index in [4.69, 9.17) is 19.3 Å². The van der Waals surface area contributed by atoms with E-state index in [1.54, 1.807) is 38.7 Å². The van der Waals surface area contributed by atoms with Crippen molar-refractivity contribution in [2.24, 2.45) is 0 Å². The zero-order valence-electron chi connectivity index (χ0n) is 27.0. The van der Waals surface area contributed by atoms with Crippen LogP contribution in [0.2, 0.25) is 0 Å². The second-order valence-corrected chi connectivity index (χ2v) is 12.4. The predicted molar refractivity (Wildman–Crippen MR) is 165 cm³/mol. The molecule has 2 heterocycles. The van der Waals surface area contributed by atoms with Gasteiger partial charge >= 0.3 is 18.4 Å². The fourth-order valence-electron chi connectivity index (χ4n) is 4.93. The van der Waals surface area contributed by atoms with Crippen LogP contribution in [-0.2, 0) is 17.1 Å². The van der Waals surface area contributed by atoms with Crippen LogP contribution in [0.4, 0.5) is 31.1 Å². The van der Waals surface area contributed by atoms with E-state index in [0.717, 1.165) is 50.8 Å². The van der Waals surface area contributed by atoms with Crippen LogP contribution in [0.1, 0.15) is 71.4 Å². The summed E-state index contributed by atoms with van der Waals surface area (Å²) in [6, 6.07) is 9.84. The summed E-state index contributed by atoms with van der Waals surface area (Å²) >= 11 is 0. The van der Waals surface area contributed by atoms with Crippen molar-refractivity contribution >= 4 is 18.5 Å². The Labute approximate surface area is 273 Å². The van der Waals surface area contributed by atoms with Gasteiger partial charge in [-0.05, 0) is 103 Å². The smallest absolute Gasteiger partial charge is 0.416 e. The van der Waals surface area contributed by atoms with Crippen LogP contribution >= 0.6 is 12.4 Å². The largest absolute Gasteiger partial charge is 0.486 e. The minimum absolute atomic E-state index is 0. The molecule has 0 aromatic heterocycles. The van der Waals surface area contributed by atoms with Gasteiger partial charge < -0.3 is 29.5 Å². The number of nitrogens with one attached hydrogen (secondary N) is 1. The van der Waals surface area contributed by atoms with Crippen molar-refractivity contribution in [3.8, 4) is 11.5 Å². The summed E-state index contributed by atoms with van der Waals surface area (Å²) in [6.07, 6.45) is -6.05. The maximum absolute atomic E-state index is 12.8. The van der Waals surface area contributed by atoms with Gasteiger partial charge in [0.25, 0.3) is 0 Å². The quantitative estimate of drug-likeness (QED) is 0.316. The number of ether oxygens (including phenoxy) is 3. The van der Waals surface area contributed by atoms with E-state index in [1.807, 2.05) is 6.92 Å². The molecular formula is C32H45ClF6N2O5. The number of halogens is 7. The Hall–Kier alpha value is -2.90. The van der Waals surface area contributed by atoms with Crippen LogP contribution in [0.25, 0.3) is 0 Å². The number of hydrogen-bond donors (Lipinski definition) is 2. The molecule has 46 heavy (non-hydrogen) atoms. The Morgan fingerprint density at radius 2 is 1.30 bits per heavy atom. The molecule has 2 N–H and O–H groups in total. The third-order valence-electron chi connectivity index (χ3n) is 6.92. The minimum Gasteiger partial charge on any atom is -0.486 e. The van der Waals surface area contributed by atoms with E-state index in [0.29, 0.717) is 25.9 Å². The summed E-state index contributed by atoms with van der Waals surface area (Å²) < 4.78 is 93.2. The SMILES string of the molecule is CC(C)(C)OC(=O)N1CCCC(C)(Oc2cccc(C(F)(F)F)c2)C1.CC1(Oc2cccc(C(F)(F)F)c2)CCCNC1.CO.Cl. The molecule has 2 aliphatic rings. The highest BCUT2D eigenvalue weighted by molar-refractivity contribution is 5.85. The fraction of sp³-hybridized carbons (Fsp3) is 0.594. The van der Waals surface area contributed by atoms with E-state index in [2.05, 4.69) is 5.32 Å². The third-order valence-corrected chi connectivity index (χ3v) is 6.92. The van der Waals surface area contributed by atoms with E-state index in [9.17, 15) is 31.1 Å². The number of carbonyl (C=O) groups excluding carboxylic acids is 1. The standard InChI is InChI=1S/C18H24F3NO3.C13H16F3NO.CH4O.ClH/c1-16(2,3)25-15(23)22-10-6-9-17(4,12-22)24-14-8-5-7-13(11-14)18(19,20)21;1-12(6-3-7-17-9-12)18-11-5-2-4-10(8-11)13(14,15)16;1-2;/h5,7-8,11H,6,9-10,12H2,1-4H3;2,4-5,8,17H,3,6-7,9H2,1H3;2H,1H3;1H. The summed E-state index contributed by atoms with van der Waals surface area (Å²) in [5, 5.41) is 10.2. The van der Waals surface area contributed by atoms with Gasteiger partial charge in [-0.15, -0.1) is 12.4 Å². The number of alkyl halides is 6. The molecule has 2 atom stereocenters. The minimum atomic E-state index is -4.42. The summed E-state index contributed by atoms with van der Waals surface area (Å²) in [7, 11) is 1.00. The van der Waals surface area contributed by atoms with Crippen molar-refractivity contribution in [2.45, 2.75) is 89.5 Å². The second kappa shape index (κ2) is 16.8. The lowest BCUT2D eigenvalue weighted by Crippen LogP contribution is -2.52. The van der Waals surface area contributed by atoms with Crippen molar-refractivity contribution in [1.82, 2.24) is 10.2 Å². The van der Waals surface area contributed by atoms with Gasteiger partial charge in [0.1, 0.15) is 28.3 Å². The van der Waals surface area contributed by atoms with E-state index in [-0.39, 0.29) is 30.5 Å². The summed E-state index contributed by atoms with van der Waals surface area (Å²) in [4.78, 5) is 13.8. The molecule has 2 aliphatic heterocycles. The Balaban J connectivity index is 0.000000446. The first-order valence-corrected chi connectivity index (χ1v) is 14.6. The molecule has 2 fully saturated rings. The first-order valence-electron chi connectivity index (χ1n) is 14.6. The van der Waals surface area contributed by atoms with E-state index in [1.165, 1.54) is 18.2 Å². The van der Waals surface area contributed by atoms with Gasteiger partial charge in [0.05, 0.1) is 17.7 Å². The van der Waals surface area contributed by atoms with Crippen LogP contribution in [0, 0.1) is 0 Å². The number of likely N-dealkylation sites (tertiary alicyclic amines) is 1. The number of benzene rings is 2. The number of piperidine rings is 2. The molecule has 7 nitrogen and oxygen atoms in total. The number of aliphatic hydroxyl groups is 1. The van der Waals surface area contributed by atoms with Gasteiger partial charge in [0.15, 0.2) is 0 Å². The van der Waals surface area contributed by atoms with Crippen molar-refractivity contribution in [1.29, 1.82) is 0 Å². The van der Waals surface area contributed by atoms with Crippen LogP contribution in [0.3, 0.4) is 0 Å². The first kappa shape index (κ1) is 41.1. The highest BCUT2D eigenvalue weighted by Crippen LogP contribution is 2.35. The van der Waals surface area contributed by atoms with Crippen LogP contribution in [0.5, 0.6) is 11.5 Å². The fourth-order valence-corrected chi connectivity index (χ4v) is 4.93. The van der Waals surface area contributed by atoms with E-state index >= 15 is 0 Å². The number of nitrogens with zero attached hydrogens (tertiary/aromatic N) is 1. The molecule has 0 spiro atoms. The zero-order chi connectivity index (χ0) is 34.1. The van der Waals surface area contributed by atoms with Crippen LogP contribution < -0.4 is 14.8 Å². The van der Waals surface area contributed by atoms with E-state index < -0.39 is 46.4 Å². The lowest BCUT2D eigenvalue weighted by Gasteiger charge is -2.40. The molecule has 0 aliphatic carbocycles. The number of aliphatic hydroxyl groups excluding tert-OH is 1. The maximum Gasteiger partial charge on any atom is 0.416 e.